The fraction of sp³-hybridized carbons (Fsp3) is 0.615. The summed E-state index contributed by atoms with van der Waals surface area (Å²) in [5.74, 6) is 0. The van der Waals surface area contributed by atoms with Crippen molar-refractivity contribution in [3.63, 3.8) is 0 Å². The number of hydrogen-bond donors (Lipinski definition) is 1. The highest BCUT2D eigenvalue weighted by Crippen LogP contribution is 2.19. The maximum Gasteiger partial charge on any atom is 0.0738 e. The molecule has 0 bridgehead atoms. The monoisotopic (exact) mass is 234 g/mol. The summed E-state index contributed by atoms with van der Waals surface area (Å²) < 4.78 is 0. The SMILES string of the molecule is CN(CCCN1CCCC1)c1ccncc1N. The molecule has 1 aliphatic rings. The molecule has 1 aromatic rings. The van der Waals surface area contributed by atoms with Gasteiger partial charge in [-0.25, -0.2) is 0 Å². The summed E-state index contributed by atoms with van der Waals surface area (Å²) >= 11 is 0. The number of anilines is 2. The molecule has 0 aromatic carbocycles. The highest BCUT2D eigenvalue weighted by Gasteiger charge is 2.11. The van der Waals surface area contributed by atoms with Gasteiger partial charge in [0.1, 0.15) is 0 Å². The Hall–Kier alpha value is -1.29. The molecule has 0 saturated carbocycles. The summed E-state index contributed by atoms with van der Waals surface area (Å²) in [6, 6.07) is 1.98. The molecule has 2 rings (SSSR count). The van der Waals surface area contributed by atoms with Crippen LogP contribution < -0.4 is 10.6 Å². The van der Waals surface area contributed by atoms with E-state index in [0.717, 1.165) is 17.9 Å². The van der Waals surface area contributed by atoms with Crippen LogP contribution in [0.2, 0.25) is 0 Å². The first-order chi connectivity index (χ1) is 8.27. The predicted octanol–water partition coefficient (Wildman–Crippen LogP) is 1.59. The van der Waals surface area contributed by atoms with Gasteiger partial charge in [0.2, 0.25) is 0 Å². The second-order valence-corrected chi connectivity index (χ2v) is 4.76. The van der Waals surface area contributed by atoms with Gasteiger partial charge in [0.25, 0.3) is 0 Å². The van der Waals surface area contributed by atoms with Crippen LogP contribution in [0.4, 0.5) is 11.4 Å². The Morgan fingerprint density at radius 1 is 1.41 bits per heavy atom. The summed E-state index contributed by atoms with van der Waals surface area (Å²) in [4.78, 5) is 8.77. The summed E-state index contributed by atoms with van der Waals surface area (Å²) in [7, 11) is 2.09. The van der Waals surface area contributed by atoms with E-state index in [0.29, 0.717) is 0 Å². The van der Waals surface area contributed by atoms with Crippen LogP contribution in [0.25, 0.3) is 0 Å². The zero-order valence-electron chi connectivity index (χ0n) is 10.6. The normalized spacial score (nSPS) is 16.3. The molecule has 17 heavy (non-hydrogen) atoms. The second-order valence-electron chi connectivity index (χ2n) is 4.76. The highest BCUT2D eigenvalue weighted by molar-refractivity contribution is 5.65. The van der Waals surface area contributed by atoms with E-state index in [4.69, 9.17) is 5.73 Å². The van der Waals surface area contributed by atoms with E-state index in [-0.39, 0.29) is 0 Å². The Balaban J connectivity index is 1.77. The van der Waals surface area contributed by atoms with Crippen LogP contribution in [0.5, 0.6) is 0 Å². The topological polar surface area (TPSA) is 45.4 Å². The molecule has 4 heteroatoms. The molecule has 1 aromatic heterocycles. The van der Waals surface area contributed by atoms with Crippen LogP contribution in [-0.2, 0) is 0 Å². The number of pyridine rings is 1. The Morgan fingerprint density at radius 3 is 2.88 bits per heavy atom. The van der Waals surface area contributed by atoms with Crippen LogP contribution in [0.3, 0.4) is 0 Å². The third-order valence-corrected chi connectivity index (χ3v) is 3.41. The van der Waals surface area contributed by atoms with Crippen molar-refractivity contribution < 1.29 is 0 Å². The van der Waals surface area contributed by atoms with Crippen LogP contribution in [0.1, 0.15) is 19.3 Å². The molecule has 0 spiro atoms. The Morgan fingerprint density at radius 2 is 2.18 bits per heavy atom. The first kappa shape index (κ1) is 12.2. The highest BCUT2D eigenvalue weighted by atomic mass is 15.2. The first-order valence-electron chi connectivity index (χ1n) is 6.40. The van der Waals surface area contributed by atoms with Gasteiger partial charge in [-0.05, 0) is 45.0 Å². The summed E-state index contributed by atoms with van der Waals surface area (Å²) in [5, 5.41) is 0. The van der Waals surface area contributed by atoms with E-state index < -0.39 is 0 Å². The van der Waals surface area contributed by atoms with Crippen LogP contribution in [0.15, 0.2) is 18.5 Å². The number of aromatic nitrogens is 1. The Labute approximate surface area is 103 Å². The maximum atomic E-state index is 5.90. The van der Waals surface area contributed by atoms with Crippen molar-refractivity contribution >= 4 is 11.4 Å². The molecular weight excluding hydrogens is 212 g/mol. The molecule has 0 radical (unpaired) electrons. The van der Waals surface area contributed by atoms with Crippen molar-refractivity contribution in [2.24, 2.45) is 0 Å². The Kier molecular flexibility index (Phi) is 4.20. The standard InChI is InChI=1S/C13H22N4/c1-16(13-5-6-15-11-12(13)14)7-4-10-17-8-2-3-9-17/h5-6,11H,2-4,7-10,14H2,1H3. The molecule has 0 unspecified atom stereocenters. The molecule has 4 nitrogen and oxygen atoms in total. The van der Waals surface area contributed by atoms with Gasteiger partial charge in [0, 0.05) is 19.8 Å². The van der Waals surface area contributed by atoms with Crippen LogP contribution in [-0.4, -0.2) is 43.1 Å². The molecule has 1 saturated heterocycles. The van der Waals surface area contributed by atoms with Gasteiger partial charge in [-0.1, -0.05) is 0 Å². The molecule has 1 aliphatic heterocycles. The Bertz CT molecular complexity index is 347. The minimum absolute atomic E-state index is 0.760. The lowest BCUT2D eigenvalue weighted by Gasteiger charge is -2.22. The average Bonchev–Trinajstić information content (AvgIpc) is 2.82. The smallest absolute Gasteiger partial charge is 0.0738 e. The molecular formula is C13H22N4. The lowest BCUT2D eigenvalue weighted by Crippen LogP contribution is -2.26. The number of rotatable bonds is 5. The summed E-state index contributed by atoms with van der Waals surface area (Å²) in [6.07, 6.45) is 7.44. The maximum absolute atomic E-state index is 5.90. The minimum Gasteiger partial charge on any atom is -0.396 e. The number of nitrogen functional groups attached to an aromatic ring is 1. The third-order valence-electron chi connectivity index (χ3n) is 3.41. The summed E-state index contributed by atoms with van der Waals surface area (Å²) in [5.41, 5.74) is 7.75. The van der Waals surface area contributed by atoms with Crippen molar-refractivity contribution in [2.45, 2.75) is 19.3 Å². The molecule has 94 valence electrons. The van der Waals surface area contributed by atoms with E-state index in [9.17, 15) is 0 Å². The van der Waals surface area contributed by atoms with Gasteiger partial charge in [-0.2, -0.15) is 0 Å². The number of nitrogens with two attached hydrogens (primary N) is 1. The van der Waals surface area contributed by atoms with E-state index in [2.05, 4.69) is 21.8 Å². The molecule has 0 aliphatic carbocycles. The first-order valence-corrected chi connectivity index (χ1v) is 6.40. The number of hydrogen-bond acceptors (Lipinski definition) is 4. The minimum atomic E-state index is 0.760. The molecule has 0 amide bonds. The van der Waals surface area contributed by atoms with Crippen molar-refractivity contribution in [2.75, 3.05) is 43.9 Å². The van der Waals surface area contributed by atoms with Crippen molar-refractivity contribution in [3.8, 4) is 0 Å². The van der Waals surface area contributed by atoms with Crippen molar-refractivity contribution in [1.29, 1.82) is 0 Å². The van der Waals surface area contributed by atoms with Gasteiger partial charge in [-0.3, -0.25) is 4.98 Å². The van der Waals surface area contributed by atoms with Gasteiger partial charge >= 0.3 is 0 Å². The van der Waals surface area contributed by atoms with Crippen LogP contribution >= 0.6 is 0 Å². The number of likely N-dealkylation sites (tertiary alicyclic amines) is 1. The van der Waals surface area contributed by atoms with Gasteiger partial charge in [0.15, 0.2) is 0 Å². The third kappa shape index (κ3) is 3.33. The fourth-order valence-electron chi connectivity index (χ4n) is 2.41. The zero-order chi connectivity index (χ0) is 12.1. The fourth-order valence-corrected chi connectivity index (χ4v) is 2.41. The van der Waals surface area contributed by atoms with E-state index in [1.54, 1.807) is 12.4 Å². The largest absolute Gasteiger partial charge is 0.396 e. The quantitative estimate of drug-likeness (QED) is 0.840. The van der Waals surface area contributed by atoms with E-state index in [1.807, 2.05) is 6.07 Å². The average molecular weight is 234 g/mol. The molecule has 2 N–H and O–H groups in total. The van der Waals surface area contributed by atoms with Gasteiger partial charge in [0.05, 0.1) is 17.6 Å². The zero-order valence-corrected chi connectivity index (χ0v) is 10.6. The predicted molar refractivity (Wildman–Crippen MR) is 72.2 cm³/mol. The number of nitrogens with zero attached hydrogens (tertiary/aromatic N) is 3. The lowest BCUT2D eigenvalue weighted by atomic mass is 10.3. The van der Waals surface area contributed by atoms with E-state index >= 15 is 0 Å². The lowest BCUT2D eigenvalue weighted by molar-refractivity contribution is 0.335. The molecule has 0 atom stereocenters. The van der Waals surface area contributed by atoms with E-state index in [1.165, 1.54) is 38.9 Å². The molecule has 1 fully saturated rings. The van der Waals surface area contributed by atoms with Gasteiger partial charge < -0.3 is 15.5 Å². The van der Waals surface area contributed by atoms with Crippen molar-refractivity contribution in [3.05, 3.63) is 18.5 Å². The van der Waals surface area contributed by atoms with Crippen LogP contribution in [0, 0.1) is 0 Å². The second kappa shape index (κ2) is 5.87. The summed E-state index contributed by atoms with van der Waals surface area (Å²) in [6.45, 7) is 4.81. The van der Waals surface area contributed by atoms with Crippen molar-refractivity contribution in [1.82, 2.24) is 9.88 Å². The van der Waals surface area contributed by atoms with Gasteiger partial charge in [-0.15, -0.1) is 0 Å². The molecule has 2 heterocycles.